The van der Waals surface area contributed by atoms with Crippen LogP contribution >= 0.6 is 0 Å². The summed E-state index contributed by atoms with van der Waals surface area (Å²) in [6.45, 7) is 0. The van der Waals surface area contributed by atoms with Crippen LogP contribution in [-0.2, 0) is 22.4 Å². The molecular weight excluding hydrogens is 340 g/mol. The van der Waals surface area contributed by atoms with E-state index in [2.05, 4.69) is 0 Å². The van der Waals surface area contributed by atoms with Gasteiger partial charge >= 0.3 is 5.97 Å². The molecular formula is C19H20O7. The number of carbonyl (C=O) groups is 1. The van der Waals surface area contributed by atoms with E-state index in [-0.39, 0.29) is 41.4 Å². The van der Waals surface area contributed by atoms with Crippen LogP contribution in [0.2, 0.25) is 0 Å². The van der Waals surface area contributed by atoms with Crippen molar-refractivity contribution >= 4 is 5.97 Å². The molecule has 2 rings (SSSR count). The average molecular weight is 360 g/mol. The van der Waals surface area contributed by atoms with Crippen molar-refractivity contribution in [3.63, 3.8) is 0 Å². The Morgan fingerprint density at radius 1 is 1.00 bits per heavy atom. The van der Waals surface area contributed by atoms with Crippen molar-refractivity contribution in [2.75, 3.05) is 7.11 Å². The van der Waals surface area contributed by atoms with Crippen molar-refractivity contribution in [1.29, 1.82) is 0 Å². The Morgan fingerprint density at radius 3 is 2.00 bits per heavy atom. The standard InChI is InChI=1S/C19H20O7/c1-26-18(8-12-3-6-14(21)10-17(12)23)15(19(24)25)7-4-11-2-5-13(20)9-16(11)22/h2-3,5-7,9-10,18,20-23H,4,8H2,1H3,(H,24,25). The first-order valence-corrected chi connectivity index (χ1v) is 7.79. The van der Waals surface area contributed by atoms with Gasteiger partial charge in [-0.25, -0.2) is 4.79 Å². The predicted octanol–water partition coefficient (Wildman–Crippen LogP) is 2.32. The van der Waals surface area contributed by atoms with Gasteiger partial charge in [-0.3, -0.25) is 0 Å². The molecule has 0 bridgehead atoms. The first-order valence-electron chi connectivity index (χ1n) is 7.79. The molecule has 26 heavy (non-hydrogen) atoms. The van der Waals surface area contributed by atoms with Crippen LogP contribution in [0.1, 0.15) is 11.1 Å². The summed E-state index contributed by atoms with van der Waals surface area (Å²) in [5.41, 5.74) is 0.839. The molecule has 1 atom stereocenters. The fraction of sp³-hybridized carbons (Fsp3) is 0.211. The summed E-state index contributed by atoms with van der Waals surface area (Å²) in [6.07, 6.45) is 0.777. The molecule has 7 heteroatoms. The molecule has 0 amide bonds. The average Bonchev–Trinajstić information content (AvgIpc) is 2.57. The Morgan fingerprint density at radius 2 is 1.54 bits per heavy atom. The van der Waals surface area contributed by atoms with E-state index in [0.29, 0.717) is 11.1 Å². The lowest BCUT2D eigenvalue weighted by atomic mass is 9.98. The second-order valence-electron chi connectivity index (χ2n) is 5.72. The molecule has 7 nitrogen and oxygen atoms in total. The number of phenols is 4. The number of carboxylic acids is 1. The van der Waals surface area contributed by atoms with Crippen molar-refractivity contribution in [2.45, 2.75) is 18.9 Å². The van der Waals surface area contributed by atoms with Gasteiger partial charge < -0.3 is 30.3 Å². The van der Waals surface area contributed by atoms with Crippen molar-refractivity contribution in [1.82, 2.24) is 0 Å². The van der Waals surface area contributed by atoms with Gasteiger partial charge in [0.05, 0.1) is 11.7 Å². The number of methoxy groups -OCH3 is 1. The van der Waals surface area contributed by atoms with Crippen LogP contribution in [0.3, 0.4) is 0 Å². The SMILES string of the molecule is COC(Cc1ccc(O)cc1O)C(=CCc1ccc(O)cc1O)C(=O)O. The largest absolute Gasteiger partial charge is 0.508 e. The molecule has 0 saturated carbocycles. The summed E-state index contributed by atoms with van der Waals surface area (Å²) in [7, 11) is 1.36. The molecule has 0 radical (unpaired) electrons. The molecule has 0 spiro atoms. The van der Waals surface area contributed by atoms with Gasteiger partial charge in [-0.05, 0) is 29.7 Å². The normalized spacial score (nSPS) is 12.7. The van der Waals surface area contributed by atoms with E-state index in [1.165, 1.54) is 49.6 Å². The number of carboxylic acid groups (broad SMARTS) is 1. The molecule has 0 fully saturated rings. The number of ether oxygens (including phenoxy) is 1. The van der Waals surface area contributed by atoms with Crippen molar-refractivity contribution in [3.05, 3.63) is 59.2 Å². The Kier molecular flexibility index (Phi) is 6.08. The van der Waals surface area contributed by atoms with E-state index in [0.717, 1.165) is 0 Å². The molecule has 0 aliphatic heterocycles. The summed E-state index contributed by atoms with van der Waals surface area (Å²) >= 11 is 0. The predicted molar refractivity (Wildman–Crippen MR) is 93.5 cm³/mol. The maximum atomic E-state index is 11.6. The van der Waals surface area contributed by atoms with Crippen molar-refractivity contribution < 1.29 is 35.1 Å². The van der Waals surface area contributed by atoms with Gasteiger partial charge in [-0.1, -0.05) is 18.2 Å². The molecule has 138 valence electrons. The Balaban J connectivity index is 2.26. The zero-order chi connectivity index (χ0) is 19.3. The summed E-state index contributed by atoms with van der Waals surface area (Å²) in [5, 5.41) is 47.9. The molecule has 2 aromatic rings. The second-order valence-corrected chi connectivity index (χ2v) is 5.72. The van der Waals surface area contributed by atoms with Gasteiger partial charge in [-0.2, -0.15) is 0 Å². The molecule has 0 heterocycles. The first kappa shape index (κ1) is 19.1. The van der Waals surface area contributed by atoms with Gasteiger partial charge in [0, 0.05) is 25.7 Å². The number of allylic oxidation sites excluding steroid dienone is 1. The lowest BCUT2D eigenvalue weighted by molar-refractivity contribution is -0.134. The minimum atomic E-state index is -1.19. The number of aliphatic carboxylic acids is 1. The molecule has 1 unspecified atom stereocenters. The number of benzene rings is 2. The summed E-state index contributed by atoms with van der Waals surface area (Å²) in [4.78, 5) is 11.6. The number of aromatic hydroxyl groups is 4. The van der Waals surface area contributed by atoms with Crippen LogP contribution in [0.25, 0.3) is 0 Å². The van der Waals surface area contributed by atoms with Crippen molar-refractivity contribution in [3.8, 4) is 23.0 Å². The minimum Gasteiger partial charge on any atom is -0.508 e. The zero-order valence-electron chi connectivity index (χ0n) is 14.1. The number of hydrogen-bond acceptors (Lipinski definition) is 6. The molecule has 0 aliphatic carbocycles. The Labute approximate surface area is 150 Å². The van der Waals surface area contributed by atoms with E-state index in [1.807, 2.05) is 0 Å². The highest BCUT2D eigenvalue weighted by Gasteiger charge is 2.22. The van der Waals surface area contributed by atoms with Crippen LogP contribution in [-0.4, -0.2) is 44.7 Å². The first-order chi connectivity index (χ1) is 12.3. The van der Waals surface area contributed by atoms with Gasteiger partial charge in [0.1, 0.15) is 23.0 Å². The lowest BCUT2D eigenvalue weighted by Gasteiger charge is -2.17. The molecule has 2 aromatic carbocycles. The van der Waals surface area contributed by atoms with E-state index in [4.69, 9.17) is 4.74 Å². The van der Waals surface area contributed by atoms with Crippen LogP contribution in [0.5, 0.6) is 23.0 Å². The quantitative estimate of drug-likeness (QED) is 0.479. The highest BCUT2D eigenvalue weighted by atomic mass is 16.5. The van der Waals surface area contributed by atoms with E-state index in [9.17, 15) is 30.3 Å². The molecule has 0 aliphatic rings. The van der Waals surface area contributed by atoms with Crippen molar-refractivity contribution in [2.24, 2.45) is 0 Å². The van der Waals surface area contributed by atoms with E-state index in [1.54, 1.807) is 0 Å². The Hall–Kier alpha value is -3.19. The van der Waals surface area contributed by atoms with Gasteiger partial charge in [0.15, 0.2) is 0 Å². The summed E-state index contributed by atoms with van der Waals surface area (Å²) in [6, 6.07) is 8.11. The number of hydrogen-bond donors (Lipinski definition) is 5. The van der Waals surface area contributed by atoms with Crippen LogP contribution in [0.4, 0.5) is 0 Å². The topological polar surface area (TPSA) is 127 Å². The maximum absolute atomic E-state index is 11.6. The van der Waals surface area contributed by atoms with Gasteiger partial charge in [0.25, 0.3) is 0 Å². The fourth-order valence-corrected chi connectivity index (χ4v) is 2.55. The van der Waals surface area contributed by atoms with Crippen LogP contribution in [0.15, 0.2) is 48.0 Å². The smallest absolute Gasteiger partial charge is 0.333 e. The third-order valence-electron chi connectivity index (χ3n) is 3.96. The number of rotatable bonds is 7. The molecule has 0 aromatic heterocycles. The summed E-state index contributed by atoms with van der Waals surface area (Å²) in [5.74, 6) is -1.68. The van der Waals surface area contributed by atoms with Crippen LogP contribution in [0, 0.1) is 0 Å². The highest BCUT2D eigenvalue weighted by molar-refractivity contribution is 5.88. The van der Waals surface area contributed by atoms with Gasteiger partial charge in [-0.15, -0.1) is 0 Å². The van der Waals surface area contributed by atoms with Gasteiger partial charge in [0.2, 0.25) is 0 Å². The Bertz CT molecular complexity index is 827. The maximum Gasteiger partial charge on any atom is 0.333 e. The van der Waals surface area contributed by atoms with Crippen LogP contribution < -0.4 is 0 Å². The highest BCUT2D eigenvalue weighted by Crippen LogP contribution is 2.27. The monoisotopic (exact) mass is 360 g/mol. The summed E-state index contributed by atoms with van der Waals surface area (Å²) < 4.78 is 5.28. The third-order valence-corrected chi connectivity index (χ3v) is 3.96. The molecule has 5 N–H and O–H groups in total. The fourth-order valence-electron chi connectivity index (χ4n) is 2.55. The zero-order valence-corrected chi connectivity index (χ0v) is 14.1. The minimum absolute atomic E-state index is 0.0348. The second kappa shape index (κ2) is 8.26. The molecule has 0 saturated heterocycles. The lowest BCUT2D eigenvalue weighted by Crippen LogP contribution is -2.23. The number of phenolic OH excluding ortho intramolecular Hbond substituents is 4. The third kappa shape index (κ3) is 4.67. The van der Waals surface area contributed by atoms with E-state index < -0.39 is 12.1 Å². The van der Waals surface area contributed by atoms with E-state index >= 15 is 0 Å².